The van der Waals surface area contributed by atoms with Gasteiger partial charge in [-0.05, 0) is 63.1 Å². The molecule has 25 heavy (non-hydrogen) atoms. The molecule has 2 amide bonds. The highest BCUT2D eigenvalue weighted by Gasteiger charge is 2.35. The first kappa shape index (κ1) is 17.2. The van der Waals surface area contributed by atoms with Crippen LogP contribution in [-0.2, 0) is 4.79 Å². The summed E-state index contributed by atoms with van der Waals surface area (Å²) in [5, 5.41) is 0. The molecule has 1 heterocycles. The van der Waals surface area contributed by atoms with Crippen molar-refractivity contribution < 1.29 is 9.59 Å². The lowest BCUT2D eigenvalue weighted by Crippen LogP contribution is -2.57. The Hall–Kier alpha value is -2.62. The lowest BCUT2D eigenvalue weighted by atomic mass is 10.1. The second-order valence-electron chi connectivity index (χ2n) is 6.88. The van der Waals surface area contributed by atoms with Crippen molar-refractivity contribution >= 4 is 17.5 Å². The molecule has 4 nitrogen and oxygen atoms in total. The van der Waals surface area contributed by atoms with Crippen LogP contribution in [0.2, 0.25) is 0 Å². The van der Waals surface area contributed by atoms with E-state index in [1.54, 1.807) is 9.80 Å². The van der Waals surface area contributed by atoms with Crippen LogP contribution in [0.25, 0.3) is 0 Å². The molecular weight excluding hydrogens is 312 g/mol. The third kappa shape index (κ3) is 3.43. The summed E-state index contributed by atoms with van der Waals surface area (Å²) in [6.45, 7) is 8.91. The molecule has 0 saturated carbocycles. The Morgan fingerprint density at radius 1 is 0.920 bits per heavy atom. The van der Waals surface area contributed by atoms with Crippen molar-refractivity contribution in [3.63, 3.8) is 0 Å². The van der Waals surface area contributed by atoms with Crippen LogP contribution in [0, 0.1) is 20.8 Å². The molecule has 2 aromatic rings. The fourth-order valence-electron chi connectivity index (χ4n) is 3.37. The fourth-order valence-corrected chi connectivity index (χ4v) is 3.37. The van der Waals surface area contributed by atoms with E-state index in [4.69, 9.17) is 0 Å². The molecule has 130 valence electrons. The van der Waals surface area contributed by atoms with Crippen LogP contribution in [0.5, 0.6) is 0 Å². The number of hydrogen-bond donors (Lipinski definition) is 0. The number of aryl methyl sites for hydroxylation is 3. The summed E-state index contributed by atoms with van der Waals surface area (Å²) in [6, 6.07) is 13.2. The van der Waals surface area contributed by atoms with Gasteiger partial charge < -0.3 is 9.80 Å². The quantitative estimate of drug-likeness (QED) is 0.842. The minimum atomic E-state index is -0.469. The van der Waals surface area contributed by atoms with E-state index in [0.717, 1.165) is 22.4 Å². The third-order valence-corrected chi connectivity index (χ3v) is 4.73. The first-order valence-electron chi connectivity index (χ1n) is 8.64. The molecule has 2 aromatic carbocycles. The zero-order chi connectivity index (χ0) is 18.1. The van der Waals surface area contributed by atoms with Gasteiger partial charge >= 0.3 is 0 Å². The van der Waals surface area contributed by atoms with Crippen molar-refractivity contribution in [2.45, 2.75) is 33.7 Å². The molecule has 0 N–H and O–H groups in total. The number of nitrogens with zero attached hydrogens (tertiary/aromatic N) is 2. The van der Waals surface area contributed by atoms with Crippen LogP contribution in [0.3, 0.4) is 0 Å². The van der Waals surface area contributed by atoms with Crippen LogP contribution >= 0.6 is 0 Å². The maximum absolute atomic E-state index is 12.9. The van der Waals surface area contributed by atoms with Gasteiger partial charge in [0.2, 0.25) is 5.91 Å². The summed E-state index contributed by atoms with van der Waals surface area (Å²) in [5.74, 6) is -0.113. The van der Waals surface area contributed by atoms with Crippen LogP contribution in [0.15, 0.2) is 42.5 Å². The summed E-state index contributed by atoms with van der Waals surface area (Å²) in [6.07, 6.45) is 0. The number of benzene rings is 2. The number of carbonyl (C=O) groups excluding carboxylic acids is 2. The van der Waals surface area contributed by atoms with E-state index in [-0.39, 0.29) is 11.8 Å². The van der Waals surface area contributed by atoms with Gasteiger partial charge in [-0.2, -0.15) is 0 Å². The van der Waals surface area contributed by atoms with Crippen molar-refractivity contribution in [3.05, 3.63) is 64.7 Å². The molecule has 0 aromatic heterocycles. The Morgan fingerprint density at radius 3 is 2.12 bits per heavy atom. The largest absolute Gasteiger partial charge is 0.325 e. The number of piperazine rings is 1. The Labute approximate surface area is 149 Å². The fraction of sp³-hybridized carbons (Fsp3) is 0.333. The van der Waals surface area contributed by atoms with E-state index in [9.17, 15) is 9.59 Å². The highest BCUT2D eigenvalue weighted by atomic mass is 16.2. The van der Waals surface area contributed by atoms with Crippen molar-refractivity contribution in [1.29, 1.82) is 0 Å². The van der Waals surface area contributed by atoms with E-state index >= 15 is 0 Å². The summed E-state index contributed by atoms with van der Waals surface area (Å²) >= 11 is 0. The van der Waals surface area contributed by atoms with Gasteiger partial charge in [-0.1, -0.05) is 23.8 Å². The van der Waals surface area contributed by atoms with Crippen molar-refractivity contribution in [1.82, 2.24) is 4.90 Å². The molecule has 0 bridgehead atoms. The molecule has 3 rings (SSSR count). The maximum atomic E-state index is 12.9. The molecule has 0 aliphatic carbocycles. The van der Waals surface area contributed by atoms with E-state index in [1.807, 2.05) is 64.1 Å². The molecule has 1 fully saturated rings. The topological polar surface area (TPSA) is 40.6 Å². The Morgan fingerprint density at radius 2 is 1.52 bits per heavy atom. The van der Waals surface area contributed by atoms with E-state index in [1.165, 1.54) is 0 Å². The number of amides is 2. The number of rotatable bonds is 2. The summed E-state index contributed by atoms with van der Waals surface area (Å²) < 4.78 is 0. The minimum absolute atomic E-state index is 0.0308. The van der Waals surface area contributed by atoms with Crippen molar-refractivity contribution in [3.8, 4) is 0 Å². The molecule has 1 saturated heterocycles. The highest BCUT2D eigenvalue weighted by molar-refractivity contribution is 6.03. The van der Waals surface area contributed by atoms with Gasteiger partial charge in [-0.3, -0.25) is 9.59 Å². The van der Waals surface area contributed by atoms with Crippen LogP contribution in [0.1, 0.15) is 34.0 Å². The average Bonchev–Trinajstić information content (AvgIpc) is 2.56. The number of hydrogen-bond acceptors (Lipinski definition) is 2. The zero-order valence-corrected chi connectivity index (χ0v) is 15.2. The summed E-state index contributed by atoms with van der Waals surface area (Å²) in [4.78, 5) is 29.1. The standard InChI is InChI=1S/C21H24N2O2/c1-14-5-7-18(8-6-14)21(25)22-9-10-23(20(24)17(22)4)19-12-15(2)11-16(3)13-19/h5-8,11-13,17H,9-10H2,1-4H3. The molecule has 1 unspecified atom stereocenters. The van der Waals surface area contributed by atoms with Crippen LogP contribution in [-0.4, -0.2) is 35.8 Å². The van der Waals surface area contributed by atoms with E-state index < -0.39 is 6.04 Å². The van der Waals surface area contributed by atoms with Gasteiger partial charge in [0.05, 0.1) is 0 Å². The predicted octanol–water partition coefficient (Wildman–Crippen LogP) is 3.49. The molecular formula is C21H24N2O2. The third-order valence-electron chi connectivity index (χ3n) is 4.73. The molecule has 1 aliphatic rings. The van der Waals surface area contributed by atoms with Gasteiger partial charge in [-0.15, -0.1) is 0 Å². The normalized spacial score (nSPS) is 17.8. The highest BCUT2D eigenvalue weighted by Crippen LogP contribution is 2.24. The number of carbonyl (C=O) groups is 2. The summed E-state index contributed by atoms with van der Waals surface area (Å²) in [5.41, 5.74) is 4.92. The first-order chi connectivity index (χ1) is 11.9. The summed E-state index contributed by atoms with van der Waals surface area (Å²) in [7, 11) is 0. The number of anilines is 1. The Balaban J connectivity index is 1.81. The minimum Gasteiger partial charge on any atom is -0.325 e. The smallest absolute Gasteiger partial charge is 0.254 e. The maximum Gasteiger partial charge on any atom is 0.254 e. The average molecular weight is 336 g/mol. The van der Waals surface area contributed by atoms with Crippen LogP contribution < -0.4 is 4.90 Å². The second kappa shape index (κ2) is 6.71. The van der Waals surface area contributed by atoms with E-state index in [0.29, 0.717) is 18.7 Å². The van der Waals surface area contributed by atoms with Gasteiger partial charge in [0.25, 0.3) is 5.91 Å². The molecule has 4 heteroatoms. The predicted molar refractivity (Wildman–Crippen MR) is 99.9 cm³/mol. The lowest BCUT2D eigenvalue weighted by Gasteiger charge is -2.39. The van der Waals surface area contributed by atoms with Gasteiger partial charge in [-0.25, -0.2) is 0 Å². The Kier molecular flexibility index (Phi) is 4.62. The zero-order valence-electron chi connectivity index (χ0n) is 15.2. The second-order valence-corrected chi connectivity index (χ2v) is 6.88. The first-order valence-corrected chi connectivity index (χ1v) is 8.64. The van der Waals surface area contributed by atoms with Crippen molar-refractivity contribution in [2.24, 2.45) is 0 Å². The monoisotopic (exact) mass is 336 g/mol. The van der Waals surface area contributed by atoms with Gasteiger partial charge in [0.1, 0.15) is 6.04 Å². The molecule has 1 aliphatic heterocycles. The van der Waals surface area contributed by atoms with Crippen LogP contribution in [0.4, 0.5) is 5.69 Å². The molecule has 1 atom stereocenters. The molecule has 0 radical (unpaired) electrons. The lowest BCUT2D eigenvalue weighted by molar-refractivity contribution is -0.124. The molecule has 0 spiro atoms. The Bertz CT molecular complexity index is 791. The van der Waals surface area contributed by atoms with Gasteiger partial charge in [0.15, 0.2) is 0 Å². The van der Waals surface area contributed by atoms with E-state index in [2.05, 4.69) is 6.07 Å². The SMILES string of the molecule is Cc1ccc(C(=O)N2CCN(c3cc(C)cc(C)c3)C(=O)C2C)cc1. The van der Waals surface area contributed by atoms with Crippen molar-refractivity contribution in [2.75, 3.05) is 18.0 Å². The van der Waals surface area contributed by atoms with Gasteiger partial charge in [0, 0.05) is 24.3 Å².